The summed E-state index contributed by atoms with van der Waals surface area (Å²) in [5.74, 6) is 6.99. The van der Waals surface area contributed by atoms with E-state index in [1.807, 2.05) is 22.7 Å². The highest BCUT2D eigenvalue weighted by molar-refractivity contribution is 7.10. The zero-order valence-electron chi connectivity index (χ0n) is 19.8. The predicted molar refractivity (Wildman–Crippen MR) is 145 cm³/mol. The highest BCUT2D eigenvalue weighted by atomic mass is 32.1. The molecule has 32 heavy (non-hydrogen) atoms. The van der Waals surface area contributed by atoms with Crippen LogP contribution in [0.15, 0.2) is 35.0 Å². The second-order valence-electron chi connectivity index (χ2n) is 8.76. The summed E-state index contributed by atoms with van der Waals surface area (Å²) in [5, 5.41) is 4.46. The molecular formula is C30H34S2. The van der Waals surface area contributed by atoms with Gasteiger partial charge >= 0.3 is 0 Å². The van der Waals surface area contributed by atoms with Gasteiger partial charge < -0.3 is 0 Å². The monoisotopic (exact) mass is 458 g/mol. The molecule has 0 fully saturated rings. The van der Waals surface area contributed by atoms with Crippen molar-refractivity contribution < 1.29 is 0 Å². The molecule has 3 rings (SSSR count). The fourth-order valence-corrected chi connectivity index (χ4v) is 6.20. The van der Waals surface area contributed by atoms with E-state index >= 15 is 0 Å². The van der Waals surface area contributed by atoms with Gasteiger partial charge in [-0.15, -0.1) is 35.5 Å². The molecule has 0 aliphatic rings. The summed E-state index contributed by atoms with van der Waals surface area (Å²) in [6.45, 7) is 9.13. The molecule has 2 unspecified atom stereocenters. The van der Waals surface area contributed by atoms with E-state index in [2.05, 4.69) is 74.6 Å². The Labute approximate surface area is 203 Å². The van der Waals surface area contributed by atoms with E-state index in [1.54, 1.807) is 0 Å². The number of hydrogen-bond donors (Lipinski definition) is 0. The van der Waals surface area contributed by atoms with Crippen LogP contribution in [-0.2, 0) is 0 Å². The summed E-state index contributed by atoms with van der Waals surface area (Å²) < 4.78 is 0. The van der Waals surface area contributed by atoms with Gasteiger partial charge in [0.15, 0.2) is 0 Å². The van der Waals surface area contributed by atoms with Crippen molar-refractivity contribution in [1.29, 1.82) is 0 Å². The predicted octanol–water partition coefficient (Wildman–Crippen LogP) is 9.69. The molecule has 166 valence electrons. The van der Waals surface area contributed by atoms with Crippen LogP contribution in [0.5, 0.6) is 0 Å². The summed E-state index contributed by atoms with van der Waals surface area (Å²) in [4.78, 5) is 2.84. The number of rotatable bonds is 10. The fraction of sp³-hybridized carbons (Fsp3) is 0.400. The Balaban J connectivity index is 1.96. The first-order valence-corrected chi connectivity index (χ1v) is 13.6. The van der Waals surface area contributed by atoms with Crippen LogP contribution in [0, 0.1) is 24.7 Å². The number of benzene rings is 1. The van der Waals surface area contributed by atoms with E-state index in [0.29, 0.717) is 11.8 Å². The third-order valence-electron chi connectivity index (χ3n) is 6.31. The van der Waals surface area contributed by atoms with Crippen molar-refractivity contribution in [2.24, 2.45) is 0 Å². The number of terminal acetylenes is 2. The van der Waals surface area contributed by atoms with Gasteiger partial charge in [-0.2, -0.15) is 0 Å². The largest absolute Gasteiger partial charge is 0.148 e. The van der Waals surface area contributed by atoms with E-state index in [0.717, 1.165) is 22.3 Å². The van der Waals surface area contributed by atoms with Crippen LogP contribution < -0.4 is 0 Å². The van der Waals surface area contributed by atoms with Gasteiger partial charge in [-0.3, -0.25) is 0 Å². The normalized spacial score (nSPS) is 12.8. The molecule has 0 nitrogen and oxygen atoms in total. The first-order chi connectivity index (χ1) is 15.5. The summed E-state index contributed by atoms with van der Waals surface area (Å²) in [5.41, 5.74) is 6.18. The Hall–Kier alpha value is -2.26. The lowest BCUT2D eigenvalue weighted by atomic mass is 9.90. The molecular weight excluding hydrogens is 424 g/mol. The smallest absolute Gasteiger partial charge is 0.0484 e. The van der Waals surface area contributed by atoms with Gasteiger partial charge in [0, 0.05) is 20.9 Å². The van der Waals surface area contributed by atoms with Crippen LogP contribution in [0.4, 0.5) is 0 Å². The van der Waals surface area contributed by atoms with E-state index < -0.39 is 0 Å². The van der Waals surface area contributed by atoms with Crippen molar-refractivity contribution in [1.82, 2.24) is 0 Å². The Morgan fingerprint density at radius 2 is 1.16 bits per heavy atom. The van der Waals surface area contributed by atoms with Gasteiger partial charge in [0.2, 0.25) is 0 Å². The van der Waals surface area contributed by atoms with Crippen molar-refractivity contribution >= 4 is 22.7 Å². The van der Waals surface area contributed by atoms with Crippen molar-refractivity contribution in [2.45, 2.75) is 78.1 Å². The Morgan fingerprint density at radius 3 is 1.50 bits per heavy atom. The Kier molecular flexibility index (Phi) is 8.81. The van der Waals surface area contributed by atoms with Crippen molar-refractivity contribution in [2.75, 3.05) is 0 Å². The fourth-order valence-electron chi connectivity index (χ4n) is 4.19. The van der Waals surface area contributed by atoms with E-state index in [9.17, 15) is 0 Å². The van der Waals surface area contributed by atoms with Crippen molar-refractivity contribution in [3.8, 4) is 46.9 Å². The van der Waals surface area contributed by atoms with Crippen LogP contribution in [0.3, 0.4) is 0 Å². The van der Waals surface area contributed by atoms with Gasteiger partial charge in [0.05, 0.1) is 0 Å². The SMILES string of the molecule is C#Cc1c(-c2csc(C(C)CCCC)c2)ccc(-c2csc(C(C)CCCC)c2)c1C#C. The van der Waals surface area contributed by atoms with Crippen LogP contribution >= 0.6 is 22.7 Å². The minimum atomic E-state index is 0.577. The summed E-state index contributed by atoms with van der Waals surface area (Å²) in [7, 11) is 0. The maximum atomic E-state index is 6.01. The lowest BCUT2D eigenvalue weighted by molar-refractivity contribution is 0.632. The van der Waals surface area contributed by atoms with Crippen LogP contribution in [-0.4, -0.2) is 0 Å². The van der Waals surface area contributed by atoms with Crippen LogP contribution in [0.25, 0.3) is 22.3 Å². The Morgan fingerprint density at radius 1 is 0.750 bits per heavy atom. The topological polar surface area (TPSA) is 0 Å². The van der Waals surface area contributed by atoms with E-state index in [1.165, 1.54) is 59.4 Å². The number of unbranched alkanes of at least 4 members (excludes halogenated alkanes) is 2. The molecule has 0 aliphatic carbocycles. The van der Waals surface area contributed by atoms with Gasteiger partial charge in [-0.25, -0.2) is 0 Å². The Bertz CT molecular complexity index is 1020. The summed E-state index contributed by atoms with van der Waals surface area (Å²) in [6, 6.07) is 8.93. The van der Waals surface area contributed by atoms with Crippen LogP contribution in [0.1, 0.15) is 98.9 Å². The number of thiophene rings is 2. The molecule has 0 N–H and O–H groups in total. The zero-order valence-corrected chi connectivity index (χ0v) is 21.5. The quantitative estimate of drug-likeness (QED) is 0.265. The zero-order chi connectivity index (χ0) is 23.1. The summed E-state index contributed by atoms with van der Waals surface area (Å²) in [6.07, 6.45) is 19.5. The molecule has 3 aromatic rings. The molecule has 0 spiro atoms. The van der Waals surface area contributed by atoms with Crippen molar-refractivity contribution in [3.05, 3.63) is 55.9 Å². The second-order valence-corrected chi connectivity index (χ2v) is 10.6. The first-order valence-electron chi connectivity index (χ1n) is 11.8. The standard InChI is InChI=1S/C30H34S2/c1-7-11-13-21(5)29-17-23(19-31-29)27-15-16-28(26(10-4)25(27)9-3)24-18-30(32-20-24)22(6)14-12-8-2/h3-4,15-22H,7-8,11-14H2,1-2,5-6H3. The van der Waals surface area contributed by atoms with Gasteiger partial charge in [-0.1, -0.05) is 77.4 Å². The molecule has 0 aliphatic heterocycles. The molecule has 2 heterocycles. The van der Waals surface area contributed by atoms with E-state index in [-0.39, 0.29) is 0 Å². The molecule has 1 aromatic carbocycles. The molecule has 2 atom stereocenters. The lowest BCUT2D eigenvalue weighted by Gasteiger charge is -2.11. The average Bonchev–Trinajstić information content (AvgIpc) is 3.50. The van der Waals surface area contributed by atoms with Crippen LogP contribution in [0.2, 0.25) is 0 Å². The second kappa shape index (κ2) is 11.6. The molecule has 0 saturated heterocycles. The lowest BCUT2D eigenvalue weighted by Crippen LogP contribution is -1.94. The molecule has 2 heteroatoms. The van der Waals surface area contributed by atoms with E-state index in [4.69, 9.17) is 12.8 Å². The third kappa shape index (κ3) is 5.38. The molecule has 0 bridgehead atoms. The summed E-state index contributed by atoms with van der Waals surface area (Å²) >= 11 is 3.66. The molecule has 0 saturated carbocycles. The maximum Gasteiger partial charge on any atom is 0.0484 e. The van der Waals surface area contributed by atoms with Gasteiger partial charge in [-0.05, 0) is 69.8 Å². The molecule has 2 aromatic heterocycles. The third-order valence-corrected chi connectivity index (χ3v) is 8.64. The van der Waals surface area contributed by atoms with Gasteiger partial charge in [0.1, 0.15) is 0 Å². The average molecular weight is 459 g/mol. The maximum absolute atomic E-state index is 6.01. The van der Waals surface area contributed by atoms with Crippen molar-refractivity contribution in [3.63, 3.8) is 0 Å². The highest BCUT2D eigenvalue weighted by Gasteiger charge is 2.17. The molecule has 0 amide bonds. The minimum Gasteiger partial charge on any atom is -0.148 e. The molecule has 0 radical (unpaired) electrons. The number of hydrogen-bond acceptors (Lipinski definition) is 2. The van der Waals surface area contributed by atoms with Gasteiger partial charge in [0.25, 0.3) is 0 Å². The minimum absolute atomic E-state index is 0.577. The highest BCUT2D eigenvalue weighted by Crippen LogP contribution is 2.39. The first kappa shape index (κ1) is 24.4.